The van der Waals surface area contributed by atoms with Gasteiger partial charge in [0.05, 0.1) is 19.9 Å². The first-order valence-electron chi connectivity index (χ1n) is 9.06. The normalized spacial score (nSPS) is 16.4. The van der Waals surface area contributed by atoms with Crippen LogP contribution in [0.3, 0.4) is 0 Å². The fraction of sp³-hybridized carbons (Fsp3) is 0.429. The summed E-state index contributed by atoms with van der Waals surface area (Å²) in [5.41, 5.74) is 1.94. The van der Waals surface area contributed by atoms with Gasteiger partial charge in [0.15, 0.2) is 11.5 Å². The zero-order valence-electron chi connectivity index (χ0n) is 15.7. The van der Waals surface area contributed by atoms with Gasteiger partial charge in [-0.3, -0.25) is 4.90 Å². The molecule has 1 atom stereocenters. The summed E-state index contributed by atoms with van der Waals surface area (Å²) in [6, 6.07) is 13.5. The van der Waals surface area contributed by atoms with E-state index in [-0.39, 0.29) is 5.82 Å². The van der Waals surface area contributed by atoms with E-state index in [0.29, 0.717) is 11.7 Å². The Morgan fingerprint density at radius 3 is 2.31 bits per heavy atom. The van der Waals surface area contributed by atoms with Gasteiger partial charge >= 0.3 is 0 Å². The summed E-state index contributed by atoms with van der Waals surface area (Å²) in [6.45, 7) is 5.80. The number of ether oxygens (including phenoxy) is 2. The Labute approximate surface area is 155 Å². The van der Waals surface area contributed by atoms with Gasteiger partial charge < -0.3 is 14.4 Å². The minimum absolute atomic E-state index is 0.140. The van der Waals surface area contributed by atoms with Crippen molar-refractivity contribution in [3.63, 3.8) is 0 Å². The first-order valence-corrected chi connectivity index (χ1v) is 9.06. The molecule has 0 spiro atoms. The highest BCUT2D eigenvalue weighted by Gasteiger charge is 2.23. The highest BCUT2D eigenvalue weighted by molar-refractivity contribution is 5.48. The Morgan fingerprint density at radius 1 is 0.962 bits per heavy atom. The first kappa shape index (κ1) is 18.5. The van der Waals surface area contributed by atoms with Crippen LogP contribution in [0.25, 0.3) is 0 Å². The Hall–Kier alpha value is -2.27. The molecule has 1 aliphatic heterocycles. The van der Waals surface area contributed by atoms with Crippen molar-refractivity contribution in [2.45, 2.75) is 19.4 Å². The van der Waals surface area contributed by atoms with Crippen molar-refractivity contribution in [2.75, 3.05) is 45.3 Å². The molecule has 1 heterocycles. The number of anilines is 1. The summed E-state index contributed by atoms with van der Waals surface area (Å²) in [4.78, 5) is 4.60. The minimum Gasteiger partial charge on any atom is -0.493 e. The quantitative estimate of drug-likeness (QED) is 0.788. The minimum atomic E-state index is -0.140. The third-order valence-electron chi connectivity index (χ3n) is 5.11. The van der Waals surface area contributed by atoms with Crippen LogP contribution in [-0.2, 0) is 6.42 Å². The maximum Gasteiger partial charge on any atom is 0.160 e. The molecule has 2 aromatic rings. The number of hydrogen-bond donors (Lipinski definition) is 0. The smallest absolute Gasteiger partial charge is 0.160 e. The third-order valence-corrected chi connectivity index (χ3v) is 5.11. The number of rotatable bonds is 6. The summed E-state index contributed by atoms with van der Waals surface area (Å²) in [5, 5.41) is 0. The largest absolute Gasteiger partial charge is 0.493 e. The molecule has 1 aliphatic rings. The zero-order chi connectivity index (χ0) is 18.5. The van der Waals surface area contributed by atoms with Crippen molar-refractivity contribution < 1.29 is 13.9 Å². The summed E-state index contributed by atoms with van der Waals surface area (Å²) >= 11 is 0. The molecular weight excluding hydrogens is 331 g/mol. The summed E-state index contributed by atoms with van der Waals surface area (Å²) in [5.74, 6) is 1.38. The number of para-hydroxylation sites is 1. The number of piperazine rings is 1. The average Bonchev–Trinajstić information content (AvgIpc) is 2.68. The predicted octanol–water partition coefficient (Wildman–Crippen LogP) is 3.60. The molecule has 26 heavy (non-hydrogen) atoms. The van der Waals surface area contributed by atoms with Crippen molar-refractivity contribution >= 4 is 5.69 Å². The molecule has 0 amide bonds. The van der Waals surface area contributed by atoms with E-state index in [1.807, 2.05) is 24.3 Å². The van der Waals surface area contributed by atoms with Gasteiger partial charge in [-0.25, -0.2) is 4.39 Å². The lowest BCUT2D eigenvalue weighted by Gasteiger charge is -2.39. The van der Waals surface area contributed by atoms with Gasteiger partial charge in [0.2, 0.25) is 0 Å². The SMILES string of the molecule is COc1ccc(CC(C)N2CCN(c3ccccc3F)CC2)cc1OC. The monoisotopic (exact) mass is 358 g/mol. The van der Waals surface area contributed by atoms with Crippen LogP contribution in [0.1, 0.15) is 12.5 Å². The molecule has 2 aromatic carbocycles. The van der Waals surface area contributed by atoms with E-state index in [4.69, 9.17) is 9.47 Å². The van der Waals surface area contributed by atoms with Crippen molar-refractivity contribution in [1.29, 1.82) is 0 Å². The van der Waals surface area contributed by atoms with E-state index in [1.165, 1.54) is 11.6 Å². The van der Waals surface area contributed by atoms with Gasteiger partial charge in [-0.05, 0) is 43.2 Å². The van der Waals surface area contributed by atoms with Crippen LogP contribution >= 0.6 is 0 Å². The molecule has 1 fully saturated rings. The first-order chi connectivity index (χ1) is 12.6. The molecule has 1 saturated heterocycles. The van der Waals surface area contributed by atoms with E-state index in [2.05, 4.69) is 22.8 Å². The van der Waals surface area contributed by atoms with Gasteiger partial charge in [0.1, 0.15) is 5.82 Å². The van der Waals surface area contributed by atoms with Crippen LogP contribution in [0, 0.1) is 5.82 Å². The molecule has 0 radical (unpaired) electrons. The van der Waals surface area contributed by atoms with E-state index < -0.39 is 0 Å². The van der Waals surface area contributed by atoms with Crippen LogP contribution in [-0.4, -0.2) is 51.3 Å². The third kappa shape index (κ3) is 4.10. The number of methoxy groups -OCH3 is 2. The second-order valence-electron chi connectivity index (χ2n) is 6.72. The Morgan fingerprint density at radius 2 is 1.65 bits per heavy atom. The fourth-order valence-electron chi connectivity index (χ4n) is 3.59. The van der Waals surface area contributed by atoms with Crippen molar-refractivity contribution in [1.82, 2.24) is 4.90 Å². The number of halogens is 1. The van der Waals surface area contributed by atoms with Gasteiger partial charge in [0, 0.05) is 32.2 Å². The molecule has 140 valence electrons. The summed E-state index contributed by atoms with van der Waals surface area (Å²) < 4.78 is 24.7. The number of nitrogens with zero attached hydrogens (tertiary/aromatic N) is 2. The standard InChI is InChI=1S/C21H27FN2O2/c1-16(14-17-8-9-20(25-2)21(15-17)26-3)23-10-12-24(13-11-23)19-7-5-4-6-18(19)22/h4-9,15-16H,10-14H2,1-3H3. The Balaban J connectivity index is 1.59. The van der Waals surface area contributed by atoms with Gasteiger partial charge in [-0.15, -0.1) is 0 Å². The lowest BCUT2D eigenvalue weighted by atomic mass is 10.0. The molecule has 5 heteroatoms. The van der Waals surface area contributed by atoms with Crippen LogP contribution in [0.15, 0.2) is 42.5 Å². The molecule has 0 aromatic heterocycles. The highest BCUT2D eigenvalue weighted by atomic mass is 19.1. The van der Waals surface area contributed by atoms with E-state index in [9.17, 15) is 4.39 Å². The lowest BCUT2D eigenvalue weighted by Crippen LogP contribution is -2.50. The van der Waals surface area contributed by atoms with Crippen molar-refractivity contribution in [2.24, 2.45) is 0 Å². The molecule has 4 nitrogen and oxygen atoms in total. The van der Waals surface area contributed by atoms with Crippen LogP contribution < -0.4 is 14.4 Å². The zero-order valence-corrected chi connectivity index (χ0v) is 15.7. The Bertz CT molecular complexity index is 730. The topological polar surface area (TPSA) is 24.9 Å². The van der Waals surface area contributed by atoms with E-state index in [0.717, 1.165) is 44.1 Å². The van der Waals surface area contributed by atoms with Crippen LogP contribution in [0.2, 0.25) is 0 Å². The number of hydrogen-bond acceptors (Lipinski definition) is 4. The maximum absolute atomic E-state index is 14.0. The fourth-order valence-corrected chi connectivity index (χ4v) is 3.59. The Kier molecular flexibility index (Phi) is 5.99. The van der Waals surface area contributed by atoms with Crippen LogP contribution in [0.4, 0.5) is 10.1 Å². The second-order valence-corrected chi connectivity index (χ2v) is 6.72. The highest BCUT2D eigenvalue weighted by Crippen LogP contribution is 2.28. The lowest BCUT2D eigenvalue weighted by molar-refractivity contribution is 0.195. The van der Waals surface area contributed by atoms with E-state index >= 15 is 0 Å². The maximum atomic E-state index is 14.0. The van der Waals surface area contributed by atoms with Gasteiger partial charge in [0.25, 0.3) is 0 Å². The van der Waals surface area contributed by atoms with Gasteiger partial charge in [-0.1, -0.05) is 18.2 Å². The molecular formula is C21H27FN2O2. The number of benzene rings is 2. The summed E-state index contributed by atoms with van der Waals surface area (Å²) in [6.07, 6.45) is 0.944. The van der Waals surface area contributed by atoms with Gasteiger partial charge in [-0.2, -0.15) is 0 Å². The molecule has 0 N–H and O–H groups in total. The molecule has 0 saturated carbocycles. The van der Waals surface area contributed by atoms with E-state index in [1.54, 1.807) is 20.3 Å². The molecule has 1 unspecified atom stereocenters. The van der Waals surface area contributed by atoms with Crippen molar-refractivity contribution in [3.8, 4) is 11.5 Å². The second kappa shape index (κ2) is 8.41. The van der Waals surface area contributed by atoms with Crippen molar-refractivity contribution in [3.05, 3.63) is 53.8 Å². The summed E-state index contributed by atoms with van der Waals surface area (Å²) in [7, 11) is 3.31. The van der Waals surface area contributed by atoms with Crippen LogP contribution in [0.5, 0.6) is 11.5 Å². The molecule has 0 bridgehead atoms. The molecule has 0 aliphatic carbocycles. The molecule has 3 rings (SSSR count). The predicted molar refractivity (Wildman–Crippen MR) is 103 cm³/mol. The average molecular weight is 358 g/mol.